The van der Waals surface area contributed by atoms with Crippen molar-refractivity contribution in [2.45, 2.75) is 58.3 Å². The van der Waals surface area contributed by atoms with Gasteiger partial charge in [-0.3, -0.25) is 0 Å². The van der Waals surface area contributed by atoms with Crippen molar-refractivity contribution in [3.63, 3.8) is 0 Å². The van der Waals surface area contributed by atoms with Crippen molar-refractivity contribution >= 4 is 23.1 Å². The Bertz CT molecular complexity index is 280. The molecule has 0 aromatic heterocycles. The topological polar surface area (TPSA) is 17.1 Å². The molecule has 3 heteroatoms. The molecule has 1 aliphatic carbocycles. The van der Waals surface area contributed by atoms with Crippen LogP contribution in [0.5, 0.6) is 0 Å². The third kappa shape index (κ3) is 2.02. The van der Waals surface area contributed by atoms with E-state index < -0.39 is 7.14 Å². The smallest absolute Gasteiger partial charge is 0.117 e. The van der Waals surface area contributed by atoms with Crippen LogP contribution in [0.4, 0.5) is 0 Å². The zero-order chi connectivity index (χ0) is 10.9. The van der Waals surface area contributed by atoms with Crippen LogP contribution in [0, 0.1) is 0 Å². The van der Waals surface area contributed by atoms with Crippen molar-refractivity contribution in [1.29, 1.82) is 0 Å². The lowest BCUT2D eigenvalue weighted by atomic mass is 10.4. The molecule has 0 aromatic rings. The molecule has 0 saturated heterocycles. The van der Waals surface area contributed by atoms with Gasteiger partial charge in [0.1, 0.15) is 7.14 Å². The third-order valence-electron chi connectivity index (χ3n) is 3.08. The summed E-state index contributed by atoms with van der Waals surface area (Å²) in [4.78, 5) is 0. The lowest BCUT2D eigenvalue weighted by Crippen LogP contribution is -2.10. The Labute approximate surface area is 95.9 Å². The molecular formula is C11H20BrOP. The van der Waals surface area contributed by atoms with Crippen LogP contribution in [-0.4, -0.2) is 11.3 Å². The maximum absolute atomic E-state index is 12.9. The molecule has 0 fully saturated rings. The van der Waals surface area contributed by atoms with E-state index >= 15 is 0 Å². The monoisotopic (exact) mass is 278 g/mol. The fraction of sp³-hybridized carbons (Fsp3) is 0.818. The van der Waals surface area contributed by atoms with Crippen molar-refractivity contribution in [3.8, 4) is 0 Å². The molecule has 0 radical (unpaired) electrons. The van der Waals surface area contributed by atoms with Crippen LogP contribution < -0.4 is 0 Å². The molecule has 0 aromatic carbocycles. The van der Waals surface area contributed by atoms with Crippen molar-refractivity contribution in [2.75, 3.05) is 0 Å². The Kier molecular flexibility index (Phi) is 4.05. The van der Waals surface area contributed by atoms with E-state index in [-0.39, 0.29) is 11.3 Å². The zero-order valence-corrected chi connectivity index (χ0v) is 12.0. The highest BCUT2D eigenvalue weighted by Gasteiger charge is 2.37. The van der Waals surface area contributed by atoms with Gasteiger partial charge < -0.3 is 4.57 Å². The largest absolute Gasteiger partial charge is 0.318 e. The van der Waals surface area contributed by atoms with E-state index in [2.05, 4.69) is 43.6 Å². The fourth-order valence-electron chi connectivity index (χ4n) is 2.27. The highest BCUT2D eigenvalue weighted by atomic mass is 79.9. The molecular weight excluding hydrogens is 259 g/mol. The minimum absolute atomic E-state index is 0.281. The van der Waals surface area contributed by atoms with Gasteiger partial charge in [-0.25, -0.2) is 0 Å². The maximum Gasteiger partial charge on any atom is 0.117 e. The number of hydrogen-bond donors (Lipinski definition) is 0. The van der Waals surface area contributed by atoms with Crippen LogP contribution in [0.15, 0.2) is 9.80 Å². The van der Waals surface area contributed by atoms with Gasteiger partial charge in [0.2, 0.25) is 0 Å². The molecule has 0 aliphatic heterocycles. The summed E-state index contributed by atoms with van der Waals surface area (Å²) in [5.74, 6) is 0. The Hall–Kier alpha value is 0.450. The summed E-state index contributed by atoms with van der Waals surface area (Å²) in [6.07, 6.45) is 3.28. The summed E-state index contributed by atoms with van der Waals surface area (Å²) in [5.41, 5.74) is 0.561. The van der Waals surface area contributed by atoms with Crippen LogP contribution >= 0.6 is 23.1 Å². The van der Waals surface area contributed by atoms with Crippen LogP contribution in [0.2, 0.25) is 0 Å². The number of hydrogen-bond acceptors (Lipinski definition) is 1. The van der Waals surface area contributed by atoms with Crippen LogP contribution in [-0.2, 0) is 4.57 Å². The van der Waals surface area contributed by atoms with Crippen LogP contribution in [0.1, 0.15) is 47.0 Å². The molecule has 1 aliphatic rings. The molecule has 0 unspecified atom stereocenters. The van der Waals surface area contributed by atoms with E-state index in [1.54, 1.807) is 0 Å². The van der Waals surface area contributed by atoms with Crippen LogP contribution in [0.25, 0.3) is 0 Å². The highest BCUT2D eigenvalue weighted by Crippen LogP contribution is 2.66. The van der Waals surface area contributed by atoms with Crippen molar-refractivity contribution in [1.82, 2.24) is 0 Å². The first-order valence-corrected chi connectivity index (χ1v) is 8.02. The highest BCUT2D eigenvalue weighted by molar-refractivity contribution is 9.11. The molecule has 0 atom stereocenters. The van der Waals surface area contributed by atoms with Gasteiger partial charge in [0, 0.05) is 15.8 Å². The molecule has 0 spiro atoms. The van der Waals surface area contributed by atoms with Gasteiger partial charge in [0.15, 0.2) is 0 Å². The lowest BCUT2D eigenvalue weighted by Gasteiger charge is -2.28. The molecule has 82 valence electrons. The average molecular weight is 279 g/mol. The summed E-state index contributed by atoms with van der Waals surface area (Å²) in [6, 6.07) is 0. The van der Waals surface area contributed by atoms with Gasteiger partial charge in [0.05, 0.1) is 0 Å². The Morgan fingerprint density at radius 3 is 1.93 bits per heavy atom. The first-order valence-electron chi connectivity index (χ1n) is 5.38. The van der Waals surface area contributed by atoms with E-state index in [0.29, 0.717) is 0 Å². The van der Waals surface area contributed by atoms with Crippen LogP contribution in [0.3, 0.4) is 0 Å². The molecule has 1 nitrogen and oxygen atoms in total. The van der Waals surface area contributed by atoms with Gasteiger partial charge >= 0.3 is 0 Å². The molecule has 1 rings (SSSR count). The minimum atomic E-state index is -2.13. The van der Waals surface area contributed by atoms with Crippen molar-refractivity contribution in [3.05, 3.63) is 9.80 Å². The van der Waals surface area contributed by atoms with E-state index in [1.807, 2.05) is 0 Å². The predicted molar refractivity (Wildman–Crippen MR) is 67.7 cm³/mol. The molecule has 0 bridgehead atoms. The summed E-state index contributed by atoms with van der Waals surface area (Å²) in [7, 11) is -2.13. The van der Waals surface area contributed by atoms with E-state index in [1.165, 1.54) is 16.2 Å². The quantitative estimate of drug-likeness (QED) is 0.667. The normalized spacial score (nSPS) is 18.8. The predicted octanol–water partition coefficient (Wildman–Crippen LogP) is 4.96. The second kappa shape index (κ2) is 4.53. The third-order valence-corrected chi connectivity index (χ3v) is 8.67. The van der Waals surface area contributed by atoms with E-state index in [9.17, 15) is 4.57 Å². The van der Waals surface area contributed by atoms with E-state index in [0.717, 1.165) is 12.8 Å². The van der Waals surface area contributed by atoms with Gasteiger partial charge in [-0.2, -0.15) is 0 Å². The van der Waals surface area contributed by atoms with Crippen molar-refractivity contribution in [2.24, 2.45) is 0 Å². The number of allylic oxidation sites excluding steroid dienone is 2. The summed E-state index contributed by atoms with van der Waals surface area (Å²) < 4.78 is 14.2. The van der Waals surface area contributed by atoms with Gasteiger partial charge in [0.25, 0.3) is 0 Å². The van der Waals surface area contributed by atoms with Crippen molar-refractivity contribution < 1.29 is 4.57 Å². The van der Waals surface area contributed by atoms with Gasteiger partial charge in [-0.15, -0.1) is 0 Å². The summed E-state index contributed by atoms with van der Waals surface area (Å²) >= 11 is 3.58. The molecule has 0 heterocycles. The minimum Gasteiger partial charge on any atom is -0.318 e. The SMILES string of the molecule is CC(C)P(=O)(C1=C(Br)CCC1)C(C)C. The summed E-state index contributed by atoms with van der Waals surface area (Å²) in [5, 5.41) is 1.24. The Morgan fingerprint density at radius 1 is 1.14 bits per heavy atom. The molecule has 14 heavy (non-hydrogen) atoms. The molecule has 0 amide bonds. The second-order valence-corrected chi connectivity index (χ2v) is 9.58. The van der Waals surface area contributed by atoms with E-state index in [4.69, 9.17) is 0 Å². The molecule has 0 N–H and O–H groups in total. The average Bonchev–Trinajstić information content (AvgIpc) is 2.49. The number of halogens is 1. The maximum atomic E-state index is 12.9. The summed E-state index contributed by atoms with van der Waals surface area (Å²) in [6.45, 7) is 8.36. The Balaban J connectivity index is 3.13. The fourth-order valence-corrected chi connectivity index (χ4v) is 7.02. The number of rotatable bonds is 3. The first-order chi connectivity index (χ1) is 6.40. The first kappa shape index (κ1) is 12.5. The molecule has 0 saturated carbocycles. The zero-order valence-electron chi connectivity index (χ0n) is 9.51. The van der Waals surface area contributed by atoms with Gasteiger partial charge in [-0.05, 0) is 24.6 Å². The second-order valence-electron chi connectivity index (χ2n) is 4.60. The lowest BCUT2D eigenvalue weighted by molar-refractivity contribution is 0.565. The van der Waals surface area contributed by atoms with Gasteiger partial charge in [-0.1, -0.05) is 43.6 Å². The standard InChI is InChI=1S/C11H20BrOP/c1-8(2)14(13,9(3)4)11-7-5-6-10(11)12/h8-9H,5-7H2,1-4H3. The Morgan fingerprint density at radius 2 is 1.64 bits per heavy atom.